The number of ether oxygens (including phenoxy) is 2. The highest BCUT2D eigenvalue weighted by atomic mass is 16.6. The zero-order chi connectivity index (χ0) is 20.0. The lowest BCUT2D eigenvalue weighted by molar-refractivity contribution is -0.385. The van der Waals surface area contributed by atoms with Crippen LogP contribution in [0.15, 0.2) is 36.4 Å². The molecule has 8 heteroatoms. The molecule has 0 saturated carbocycles. The highest BCUT2D eigenvalue weighted by molar-refractivity contribution is 5.96. The Morgan fingerprint density at radius 2 is 1.78 bits per heavy atom. The number of anilines is 1. The van der Waals surface area contributed by atoms with E-state index in [1.807, 2.05) is 19.9 Å². The summed E-state index contributed by atoms with van der Waals surface area (Å²) in [5, 5.41) is 13.7. The van der Waals surface area contributed by atoms with Crippen molar-refractivity contribution in [2.45, 2.75) is 20.8 Å². The van der Waals surface area contributed by atoms with Crippen molar-refractivity contribution >= 4 is 23.3 Å². The van der Waals surface area contributed by atoms with E-state index in [4.69, 9.17) is 9.47 Å². The summed E-state index contributed by atoms with van der Waals surface area (Å²) < 4.78 is 10.1. The van der Waals surface area contributed by atoms with Crippen molar-refractivity contribution in [1.29, 1.82) is 0 Å². The minimum Gasteiger partial charge on any atom is -0.487 e. The van der Waals surface area contributed by atoms with Gasteiger partial charge in [0.25, 0.3) is 5.91 Å². The lowest BCUT2D eigenvalue weighted by Gasteiger charge is -2.09. The summed E-state index contributed by atoms with van der Waals surface area (Å²) in [6, 6.07) is 9.30. The van der Waals surface area contributed by atoms with Gasteiger partial charge in [-0.05, 0) is 56.2 Å². The number of nitro groups is 1. The van der Waals surface area contributed by atoms with Gasteiger partial charge in [-0.2, -0.15) is 0 Å². The number of hydrogen-bond acceptors (Lipinski definition) is 6. The Labute approximate surface area is 156 Å². The topological polar surface area (TPSA) is 108 Å². The fourth-order valence-electron chi connectivity index (χ4n) is 2.52. The molecule has 1 N–H and O–H groups in total. The summed E-state index contributed by atoms with van der Waals surface area (Å²) in [6.07, 6.45) is 0. The lowest BCUT2D eigenvalue weighted by atomic mass is 10.1. The summed E-state index contributed by atoms with van der Waals surface area (Å²) in [5.74, 6) is -1.28. The second-order valence-corrected chi connectivity index (χ2v) is 5.87. The minimum atomic E-state index is -0.836. The smallest absolute Gasteiger partial charge is 0.338 e. The van der Waals surface area contributed by atoms with Crippen LogP contribution in [0.25, 0.3) is 0 Å². The first-order chi connectivity index (χ1) is 12.8. The van der Waals surface area contributed by atoms with E-state index in [-0.39, 0.29) is 23.6 Å². The van der Waals surface area contributed by atoms with Crippen molar-refractivity contribution in [3.05, 3.63) is 63.2 Å². The third-order valence-corrected chi connectivity index (χ3v) is 3.53. The van der Waals surface area contributed by atoms with Crippen LogP contribution in [-0.4, -0.2) is 30.0 Å². The molecular weight excluding hydrogens is 352 g/mol. The summed E-state index contributed by atoms with van der Waals surface area (Å²) in [7, 11) is 0. The van der Waals surface area contributed by atoms with Gasteiger partial charge in [-0.25, -0.2) is 4.79 Å². The average molecular weight is 372 g/mol. The van der Waals surface area contributed by atoms with Crippen LogP contribution in [-0.2, 0) is 9.53 Å². The molecule has 2 rings (SSSR count). The van der Waals surface area contributed by atoms with Crippen molar-refractivity contribution in [3.8, 4) is 5.75 Å². The minimum absolute atomic E-state index is 0.0376. The largest absolute Gasteiger partial charge is 0.487 e. The van der Waals surface area contributed by atoms with Crippen LogP contribution >= 0.6 is 0 Å². The molecule has 2 aromatic carbocycles. The Morgan fingerprint density at radius 1 is 1.11 bits per heavy atom. The van der Waals surface area contributed by atoms with E-state index in [9.17, 15) is 19.7 Å². The number of nitrogens with one attached hydrogen (secondary N) is 1. The summed E-state index contributed by atoms with van der Waals surface area (Å²) in [5.41, 5.74) is 2.20. The van der Waals surface area contributed by atoms with Gasteiger partial charge in [0.2, 0.25) is 0 Å². The molecule has 0 radical (unpaired) electrons. The van der Waals surface area contributed by atoms with Crippen LogP contribution in [0.2, 0.25) is 0 Å². The molecule has 0 spiro atoms. The van der Waals surface area contributed by atoms with Crippen LogP contribution in [0, 0.1) is 24.0 Å². The van der Waals surface area contributed by atoms with Gasteiger partial charge >= 0.3 is 11.7 Å². The molecule has 0 unspecified atom stereocenters. The van der Waals surface area contributed by atoms with Gasteiger partial charge in [0.1, 0.15) is 0 Å². The van der Waals surface area contributed by atoms with E-state index in [1.165, 1.54) is 12.1 Å². The SMILES string of the molecule is CCOc1ccc(C(=O)OCC(=O)Nc2cc(C)cc(C)c2)cc1[N+](=O)[O-]. The molecule has 1 amide bonds. The van der Waals surface area contributed by atoms with Crippen molar-refractivity contribution in [1.82, 2.24) is 0 Å². The Balaban J connectivity index is 2.01. The fourth-order valence-corrected chi connectivity index (χ4v) is 2.52. The van der Waals surface area contributed by atoms with Crippen molar-refractivity contribution in [2.75, 3.05) is 18.5 Å². The van der Waals surface area contributed by atoms with E-state index >= 15 is 0 Å². The number of benzene rings is 2. The third kappa shape index (κ3) is 5.53. The number of rotatable bonds is 7. The average Bonchev–Trinajstić information content (AvgIpc) is 2.59. The van der Waals surface area contributed by atoms with Crippen LogP contribution < -0.4 is 10.1 Å². The molecule has 142 valence electrons. The highest BCUT2D eigenvalue weighted by Crippen LogP contribution is 2.28. The molecule has 0 saturated heterocycles. The van der Waals surface area contributed by atoms with E-state index in [1.54, 1.807) is 19.1 Å². The molecule has 0 heterocycles. The number of esters is 1. The Morgan fingerprint density at radius 3 is 2.37 bits per heavy atom. The van der Waals surface area contributed by atoms with E-state index in [0.717, 1.165) is 17.2 Å². The molecule has 0 atom stereocenters. The maximum atomic E-state index is 12.1. The Kier molecular flexibility index (Phi) is 6.48. The summed E-state index contributed by atoms with van der Waals surface area (Å²) >= 11 is 0. The molecule has 8 nitrogen and oxygen atoms in total. The molecule has 27 heavy (non-hydrogen) atoms. The number of hydrogen-bond donors (Lipinski definition) is 1. The standard InChI is InChI=1S/C19H20N2O6/c1-4-26-17-6-5-14(10-16(17)21(24)25)19(23)27-11-18(22)20-15-8-12(2)7-13(3)9-15/h5-10H,4,11H2,1-3H3,(H,20,22). The van der Waals surface area contributed by atoms with E-state index in [2.05, 4.69) is 5.32 Å². The van der Waals surface area contributed by atoms with Gasteiger partial charge in [-0.3, -0.25) is 14.9 Å². The van der Waals surface area contributed by atoms with Gasteiger partial charge in [-0.15, -0.1) is 0 Å². The number of nitrogens with zero attached hydrogens (tertiary/aromatic N) is 1. The zero-order valence-electron chi connectivity index (χ0n) is 15.3. The first-order valence-electron chi connectivity index (χ1n) is 8.26. The van der Waals surface area contributed by atoms with E-state index < -0.39 is 23.4 Å². The number of nitro benzene ring substituents is 1. The molecule has 0 fully saturated rings. The van der Waals surface area contributed by atoms with Gasteiger partial charge < -0.3 is 14.8 Å². The van der Waals surface area contributed by atoms with Crippen LogP contribution in [0.5, 0.6) is 5.75 Å². The highest BCUT2D eigenvalue weighted by Gasteiger charge is 2.20. The van der Waals surface area contributed by atoms with Gasteiger partial charge in [0, 0.05) is 11.8 Å². The monoisotopic (exact) mass is 372 g/mol. The summed E-state index contributed by atoms with van der Waals surface area (Å²) in [4.78, 5) is 34.5. The van der Waals surface area contributed by atoms with Crippen LogP contribution in [0.1, 0.15) is 28.4 Å². The van der Waals surface area contributed by atoms with Crippen molar-refractivity contribution in [3.63, 3.8) is 0 Å². The number of carbonyl (C=O) groups excluding carboxylic acids is 2. The number of aryl methyl sites for hydroxylation is 2. The Bertz CT molecular complexity index is 858. The Hall–Kier alpha value is -3.42. The molecule has 0 aromatic heterocycles. The predicted octanol–water partition coefficient (Wildman–Crippen LogP) is 3.41. The normalized spacial score (nSPS) is 10.2. The van der Waals surface area contributed by atoms with Gasteiger partial charge in [-0.1, -0.05) is 6.07 Å². The van der Waals surface area contributed by atoms with Crippen molar-refractivity contribution in [2.24, 2.45) is 0 Å². The summed E-state index contributed by atoms with van der Waals surface area (Å²) in [6.45, 7) is 5.25. The maximum Gasteiger partial charge on any atom is 0.338 e. The first kappa shape index (κ1) is 19.9. The quantitative estimate of drug-likeness (QED) is 0.453. The fraction of sp³-hybridized carbons (Fsp3) is 0.263. The number of amides is 1. The molecule has 0 aliphatic rings. The van der Waals surface area contributed by atoms with Crippen molar-refractivity contribution < 1.29 is 24.0 Å². The first-order valence-corrected chi connectivity index (χ1v) is 8.26. The second kappa shape index (κ2) is 8.79. The molecular formula is C19H20N2O6. The third-order valence-electron chi connectivity index (χ3n) is 3.53. The van der Waals surface area contributed by atoms with Crippen LogP contribution in [0.4, 0.5) is 11.4 Å². The lowest BCUT2D eigenvalue weighted by Crippen LogP contribution is -2.21. The molecule has 2 aromatic rings. The number of carbonyl (C=O) groups is 2. The van der Waals surface area contributed by atoms with Crippen LogP contribution in [0.3, 0.4) is 0 Å². The maximum absolute atomic E-state index is 12.1. The predicted molar refractivity (Wildman–Crippen MR) is 99.1 cm³/mol. The zero-order valence-corrected chi connectivity index (χ0v) is 15.3. The van der Waals surface area contributed by atoms with E-state index in [0.29, 0.717) is 5.69 Å². The molecule has 0 aliphatic carbocycles. The molecule has 0 bridgehead atoms. The van der Waals surface area contributed by atoms with Gasteiger partial charge in [0.15, 0.2) is 12.4 Å². The molecule has 0 aliphatic heterocycles. The second-order valence-electron chi connectivity index (χ2n) is 5.87. The van der Waals surface area contributed by atoms with Gasteiger partial charge in [0.05, 0.1) is 17.1 Å².